The highest BCUT2D eigenvalue weighted by Gasteiger charge is 2.58. The molecule has 1 N–H and O–H groups in total. The van der Waals surface area contributed by atoms with Gasteiger partial charge in [0.05, 0.1) is 0 Å². The molecule has 0 amide bonds. The Labute approximate surface area is 322 Å². The molecule has 4 heteroatoms. The minimum absolute atomic E-state index is 0.170. The first-order valence-electron chi connectivity index (χ1n) is 19.1. The van der Waals surface area contributed by atoms with E-state index in [0.29, 0.717) is 0 Å². The number of benzene rings is 7. The number of hydrogen-bond donors (Lipinski definition) is 1. The van der Waals surface area contributed by atoms with Crippen LogP contribution in [-0.4, -0.2) is 19.3 Å². The van der Waals surface area contributed by atoms with Crippen LogP contribution in [0, 0.1) is 6.92 Å². The van der Waals surface area contributed by atoms with Crippen LogP contribution in [0.4, 0.5) is 13.2 Å². The zero-order valence-corrected chi connectivity index (χ0v) is 31.2. The van der Waals surface area contributed by atoms with Crippen LogP contribution < -0.4 is 5.32 Å². The molecule has 1 heterocycles. The molecule has 1 saturated heterocycles. The minimum atomic E-state index is -4.63. The van der Waals surface area contributed by atoms with E-state index in [1.807, 2.05) is 36.4 Å². The molecular weight excluding hydrogens is 684 g/mol. The van der Waals surface area contributed by atoms with Crippen molar-refractivity contribution in [3.8, 4) is 44.5 Å². The molecule has 1 aliphatic heterocycles. The predicted molar refractivity (Wildman–Crippen MR) is 221 cm³/mol. The van der Waals surface area contributed by atoms with E-state index in [-0.39, 0.29) is 22.1 Å². The molecule has 274 valence electrons. The summed E-state index contributed by atoms with van der Waals surface area (Å²) < 4.78 is 47.6. The van der Waals surface area contributed by atoms with Crippen molar-refractivity contribution in [1.29, 1.82) is 0 Å². The molecule has 0 radical (unpaired) electrons. The van der Waals surface area contributed by atoms with Crippen LogP contribution in [0.5, 0.6) is 0 Å². The van der Waals surface area contributed by atoms with E-state index in [0.717, 1.165) is 70.4 Å². The fraction of sp³-hybridized carbons (Fsp3) is 0.176. The van der Waals surface area contributed by atoms with Gasteiger partial charge in [0.2, 0.25) is 0 Å². The Morgan fingerprint density at radius 2 is 0.727 bits per heavy atom. The Bertz CT molecular complexity index is 2340. The minimum Gasteiger partial charge on any atom is -0.317 e. The third kappa shape index (κ3) is 7.03. The van der Waals surface area contributed by atoms with Crippen molar-refractivity contribution >= 4 is 0 Å². The van der Waals surface area contributed by atoms with Gasteiger partial charge in [-0.25, -0.2) is 0 Å². The van der Waals surface area contributed by atoms with Crippen LogP contribution in [0.25, 0.3) is 44.5 Å². The normalized spacial score (nSPS) is 15.3. The fourth-order valence-corrected chi connectivity index (χ4v) is 8.29. The van der Waals surface area contributed by atoms with Crippen molar-refractivity contribution in [3.05, 3.63) is 204 Å². The van der Waals surface area contributed by atoms with Crippen LogP contribution in [0.1, 0.15) is 47.6 Å². The second-order valence-electron chi connectivity index (χ2n) is 15.2. The van der Waals surface area contributed by atoms with E-state index in [1.54, 1.807) is 66.7 Å². The number of alkyl halides is 3. The van der Waals surface area contributed by atoms with Gasteiger partial charge in [-0.15, -0.1) is 0 Å². The average Bonchev–Trinajstić information content (AvgIpc) is 3.22. The number of nitrogens with one attached hydrogen (secondary N) is 1. The summed E-state index contributed by atoms with van der Waals surface area (Å²) in [4.78, 5) is 0. The SMILES string of the molecule is Cc1ccc(-c2ccc(-c3ccc(C(c4ccccc4)(c4ccc(-c5ccc(-c6ccc(C7(C)CCNCC7)cc6)cc5)cc4)C(F)(F)F)cc3)cc2)cc1. The lowest BCUT2D eigenvalue weighted by Gasteiger charge is -2.37. The van der Waals surface area contributed by atoms with Gasteiger partial charge >= 0.3 is 6.18 Å². The highest BCUT2D eigenvalue weighted by atomic mass is 19.4. The van der Waals surface area contributed by atoms with Gasteiger partial charge in [0.15, 0.2) is 0 Å². The summed E-state index contributed by atoms with van der Waals surface area (Å²) in [5.41, 5.74) is 8.98. The summed E-state index contributed by atoms with van der Waals surface area (Å²) in [7, 11) is 0. The van der Waals surface area contributed by atoms with Gasteiger partial charge in [-0.2, -0.15) is 13.2 Å². The molecule has 0 spiro atoms. The van der Waals surface area contributed by atoms with Gasteiger partial charge in [-0.1, -0.05) is 188 Å². The number of piperidine rings is 1. The maximum atomic E-state index is 15.9. The molecule has 0 saturated carbocycles. The Kier molecular flexibility index (Phi) is 9.79. The van der Waals surface area contributed by atoms with Crippen LogP contribution in [-0.2, 0) is 10.8 Å². The molecule has 1 fully saturated rings. The molecular formula is C51H44F3N. The second-order valence-corrected chi connectivity index (χ2v) is 15.2. The molecule has 1 nitrogen and oxygen atoms in total. The fourth-order valence-electron chi connectivity index (χ4n) is 8.29. The summed E-state index contributed by atoms with van der Waals surface area (Å²) in [5, 5.41) is 3.46. The molecule has 55 heavy (non-hydrogen) atoms. The van der Waals surface area contributed by atoms with Crippen LogP contribution in [0.15, 0.2) is 176 Å². The van der Waals surface area contributed by atoms with Crippen LogP contribution in [0.3, 0.4) is 0 Å². The summed E-state index contributed by atoms with van der Waals surface area (Å²) in [6.45, 7) is 6.50. The van der Waals surface area contributed by atoms with Crippen molar-refractivity contribution in [3.63, 3.8) is 0 Å². The largest absolute Gasteiger partial charge is 0.406 e. The van der Waals surface area contributed by atoms with Gasteiger partial charge in [0, 0.05) is 0 Å². The molecule has 0 aromatic heterocycles. The Morgan fingerprint density at radius 1 is 0.418 bits per heavy atom. The van der Waals surface area contributed by atoms with Crippen molar-refractivity contribution < 1.29 is 13.2 Å². The van der Waals surface area contributed by atoms with Gasteiger partial charge in [0.25, 0.3) is 0 Å². The van der Waals surface area contributed by atoms with Crippen molar-refractivity contribution in [2.45, 2.75) is 43.7 Å². The highest BCUT2D eigenvalue weighted by molar-refractivity contribution is 5.73. The second kappa shape index (κ2) is 14.8. The summed E-state index contributed by atoms with van der Waals surface area (Å²) in [6.07, 6.45) is -2.37. The third-order valence-electron chi connectivity index (χ3n) is 11.7. The van der Waals surface area contributed by atoms with Gasteiger partial charge < -0.3 is 5.32 Å². The maximum Gasteiger partial charge on any atom is 0.406 e. The quantitative estimate of drug-likeness (QED) is 0.154. The smallest absolute Gasteiger partial charge is 0.317 e. The van der Waals surface area contributed by atoms with Crippen LogP contribution in [0.2, 0.25) is 0 Å². The molecule has 8 rings (SSSR count). The lowest BCUT2D eigenvalue weighted by Crippen LogP contribution is -2.44. The number of hydrogen-bond acceptors (Lipinski definition) is 1. The first-order chi connectivity index (χ1) is 26.6. The van der Waals surface area contributed by atoms with Crippen LogP contribution >= 0.6 is 0 Å². The summed E-state index contributed by atoms with van der Waals surface area (Å²) in [5.74, 6) is 0. The Hall–Kier alpha value is -5.71. The van der Waals surface area contributed by atoms with Gasteiger partial charge in [-0.3, -0.25) is 0 Å². The molecule has 0 bridgehead atoms. The Morgan fingerprint density at radius 3 is 1.09 bits per heavy atom. The number of aryl methyl sites for hydroxylation is 1. The number of halogens is 3. The highest BCUT2D eigenvalue weighted by Crippen LogP contribution is 2.51. The molecule has 0 aliphatic carbocycles. The van der Waals surface area contributed by atoms with Gasteiger partial charge in [-0.05, 0) is 105 Å². The lowest BCUT2D eigenvalue weighted by molar-refractivity contribution is -0.166. The van der Waals surface area contributed by atoms with Crippen molar-refractivity contribution in [2.75, 3.05) is 13.1 Å². The maximum absolute atomic E-state index is 15.9. The topological polar surface area (TPSA) is 12.0 Å². The zero-order chi connectivity index (χ0) is 38.0. The monoisotopic (exact) mass is 727 g/mol. The molecule has 1 unspecified atom stereocenters. The van der Waals surface area contributed by atoms with E-state index in [2.05, 4.69) is 92.0 Å². The zero-order valence-electron chi connectivity index (χ0n) is 31.2. The first kappa shape index (κ1) is 36.3. The summed E-state index contributed by atoms with van der Waals surface area (Å²) in [6, 6.07) is 55.7. The molecule has 1 atom stereocenters. The van der Waals surface area contributed by atoms with E-state index in [4.69, 9.17) is 0 Å². The summed E-state index contributed by atoms with van der Waals surface area (Å²) >= 11 is 0. The van der Waals surface area contributed by atoms with Gasteiger partial charge in [0.1, 0.15) is 5.41 Å². The average molecular weight is 728 g/mol. The van der Waals surface area contributed by atoms with E-state index in [9.17, 15) is 0 Å². The lowest BCUT2D eigenvalue weighted by atomic mass is 9.68. The first-order valence-corrected chi connectivity index (χ1v) is 19.1. The number of rotatable bonds is 8. The van der Waals surface area contributed by atoms with E-state index in [1.165, 1.54) is 11.1 Å². The molecule has 7 aromatic rings. The van der Waals surface area contributed by atoms with Crippen molar-refractivity contribution in [2.24, 2.45) is 0 Å². The van der Waals surface area contributed by atoms with E-state index >= 15 is 13.2 Å². The standard InChI is InChI=1S/C51H44F3N/c1-36-8-10-37(11-9-36)38-12-14-40(15-13-38)43-22-28-47(29-23-43)50(51(52,53)54,46-6-4-3-5-7-46)48-30-24-44(25-31-48)41-18-16-39(17-19-41)42-20-26-45(27-21-42)49(2)32-34-55-35-33-49/h3-31,55H,32-35H2,1-2H3. The third-order valence-corrected chi connectivity index (χ3v) is 11.7. The molecule has 7 aromatic carbocycles. The predicted octanol–water partition coefficient (Wildman–Crippen LogP) is 13.2. The molecule has 1 aliphatic rings. The van der Waals surface area contributed by atoms with E-state index < -0.39 is 11.6 Å². The van der Waals surface area contributed by atoms with Crippen molar-refractivity contribution in [1.82, 2.24) is 5.32 Å². The Balaban J connectivity index is 1.09.